The molecule has 0 spiro atoms. The van der Waals surface area contributed by atoms with Gasteiger partial charge < -0.3 is 13.9 Å². The van der Waals surface area contributed by atoms with Gasteiger partial charge in [0.15, 0.2) is 0 Å². The third-order valence-electron chi connectivity index (χ3n) is 3.64. The van der Waals surface area contributed by atoms with Crippen LogP contribution in [0.3, 0.4) is 0 Å². The number of pyridine rings is 1. The number of rotatable bonds is 6. The molecule has 0 atom stereocenters. The molecular formula is C19H17NO4. The number of nitrogens with zero attached hydrogens (tertiary/aromatic N) is 1. The maximum atomic E-state index is 11.0. The summed E-state index contributed by atoms with van der Waals surface area (Å²) >= 11 is 0. The molecule has 24 heavy (non-hydrogen) atoms. The Balaban J connectivity index is 1.84. The minimum atomic E-state index is -0.528. The topological polar surface area (TPSA) is 61.6 Å². The van der Waals surface area contributed by atoms with E-state index in [-0.39, 0.29) is 6.79 Å². The molecule has 2 aromatic heterocycles. The van der Waals surface area contributed by atoms with Crippen molar-refractivity contribution in [1.82, 2.24) is 4.98 Å². The second-order valence-corrected chi connectivity index (χ2v) is 5.13. The first-order chi connectivity index (χ1) is 11.7. The molecule has 1 aromatic carbocycles. The van der Waals surface area contributed by atoms with Gasteiger partial charge in [0.25, 0.3) is 0 Å². The summed E-state index contributed by atoms with van der Waals surface area (Å²) in [6.45, 7) is 5.24. The average molecular weight is 323 g/mol. The van der Waals surface area contributed by atoms with E-state index in [1.165, 1.54) is 5.56 Å². The Labute approximate surface area is 139 Å². The van der Waals surface area contributed by atoms with Gasteiger partial charge >= 0.3 is 5.97 Å². The summed E-state index contributed by atoms with van der Waals surface area (Å²) in [5.41, 5.74) is 2.86. The fourth-order valence-electron chi connectivity index (χ4n) is 2.40. The second kappa shape index (κ2) is 7.00. The van der Waals surface area contributed by atoms with E-state index >= 15 is 0 Å². The molecule has 0 aliphatic heterocycles. The van der Waals surface area contributed by atoms with E-state index < -0.39 is 5.97 Å². The van der Waals surface area contributed by atoms with E-state index in [1.807, 2.05) is 24.4 Å². The van der Waals surface area contributed by atoms with Crippen LogP contribution in [0.2, 0.25) is 0 Å². The SMILES string of the molecule is C=CC(=O)OCOc1ccc2cc(-c3cnccc3CC)oc2c1. The van der Waals surface area contributed by atoms with Crippen molar-refractivity contribution < 1.29 is 18.7 Å². The highest BCUT2D eigenvalue weighted by Gasteiger charge is 2.11. The predicted octanol–water partition coefficient (Wildman–Crippen LogP) is 4.12. The van der Waals surface area contributed by atoms with E-state index in [1.54, 1.807) is 18.3 Å². The summed E-state index contributed by atoms with van der Waals surface area (Å²) in [4.78, 5) is 15.2. The van der Waals surface area contributed by atoms with Crippen molar-refractivity contribution in [1.29, 1.82) is 0 Å². The number of aryl methyl sites for hydroxylation is 1. The quantitative estimate of drug-likeness (QED) is 0.388. The van der Waals surface area contributed by atoms with E-state index in [0.717, 1.165) is 29.2 Å². The molecule has 3 aromatic rings. The molecule has 0 fully saturated rings. The molecular weight excluding hydrogens is 306 g/mol. The van der Waals surface area contributed by atoms with Crippen molar-refractivity contribution >= 4 is 16.9 Å². The van der Waals surface area contributed by atoms with Crippen LogP contribution >= 0.6 is 0 Å². The smallest absolute Gasteiger partial charge is 0.333 e. The fraction of sp³-hybridized carbons (Fsp3) is 0.158. The van der Waals surface area contributed by atoms with Gasteiger partial charge in [0, 0.05) is 35.5 Å². The number of aromatic nitrogens is 1. The van der Waals surface area contributed by atoms with Gasteiger partial charge in [-0.25, -0.2) is 4.79 Å². The van der Waals surface area contributed by atoms with Crippen molar-refractivity contribution in [2.24, 2.45) is 0 Å². The largest absolute Gasteiger partial charge is 0.457 e. The number of hydrogen-bond donors (Lipinski definition) is 0. The molecule has 122 valence electrons. The van der Waals surface area contributed by atoms with Crippen LogP contribution < -0.4 is 4.74 Å². The van der Waals surface area contributed by atoms with Crippen molar-refractivity contribution in [3.8, 4) is 17.1 Å². The zero-order valence-corrected chi connectivity index (χ0v) is 13.3. The highest BCUT2D eigenvalue weighted by molar-refractivity contribution is 5.84. The molecule has 0 amide bonds. The summed E-state index contributed by atoms with van der Waals surface area (Å²) in [6, 6.07) is 9.43. The third-order valence-corrected chi connectivity index (χ3v) is 3.64. The van der Waals surface area contributed by atoms with Crippen LogP contribution in [0.1, 0.15) is 12.5 Å². The Morgan fingerprint density at radius 3 is 3.00 bits per heavy atom. The standard InChI is InChI=1S/C19H17NO4/c1-3-13-7-8-20-11-16(13)18-9-14-5-6-15(10-17(14)24-18)22-12-23-19(21)4-2/h4-11H,2-3,12H2,1H3. The van der Waals surface area contributed by atoms with Gasteiger partial charge in [0.2, 0.25) is 6.79 Å². The number of carbonyl (C=O) groups is 1. The van der Waals surface area contributed by atoms with Gasteiger partial charge in [0.1, 0.15) is 17.1 Å². The number of fused-ring (bicyclic) bond motifs is 1. The Hall–Kier alpha value is -3.08. The molecule has 0 radical (unpaired) electrons. The van der Waals surface area contributed by atoms with Gasteiger partial charge in [0.05, 0.1) is 0 Å². The normalized spacial score (nSPS) is 10.5. The van der Waals surface area contributed by atoms with Crippen molar-refractivity contribution in [2.45, 2.75) is 13.3 Å². The van der Waals surface area contributed by atoms with Crippen LogP contribution in [-0.2, 0) is 16.0 Å². The van der Waals surface area contributed by atoms with Crippen molar-refractivity contribution in [2.75, 3.05) is 6.79 Å². The van der Waals surface area contributed by atoms with E-state index in [9.17, 15) is 4.79 Å². The van der Waals surface area contributed by atoms with Crippen molar-refractivity contribution in [3.63, 3.8) is 0 Å². The summed E-state index contributed by atoms with van der Waals surface area (Å²) < 4.78 is 16.1. The molecule has 2 heterocycles. The summed E-state index contributed by atoms with van der Waals surface area (Å²) in [5.74, 6) is 0.799. The molecule has 5 heteroatoms. The number of hydrogen-bond acceptors (Lipinski definition) is 5. The number of furan rings is 1. The lowest BCUT2D eigenvalue weighted by Crippen LogP contribution is -2.07. The average Bonchev–Trinajstić information content (AvgIpc) is 3.04. The van der Waals surface area contributed by atoms with Gasteiger partial charge in [-0.1, -0.05) is 13.5 Å². The molecule has 0 saturated carbocycles. The van der Waals surface area contributed by atoms with Gasteiger partial charge in [-0.05, 0) is 36.2 Å². The van der Waals surface area contributed by atoms with Crippen LogP contribution in [-0.4, -0.2) is 17.7 Å². The zero-order chi connectivity index (χ0) is 16.9. The van der Waals surface area contributed by atoms with Gasteiger partial charge in [-0.15, -0.1) is 0 Å². The van der Waals surface area contributed by atoms with Crippen molar-refractivity contribution in [3.05, 3.63) is 60.9 Å². The lowest BCUT2D eigenvalue weighted by molar-refractivity contribution is -0.144. The van der Waals surface area contributed by atoms with Crippen LogP contribution in [0.5, 0.6) is 5.75 Å². The second-order valence-electron chi connectivity index (χ2n) is 5.13. The molecule has 0 aliphatic rings. The van der Waals surface area contributed by atoms with Gasteiger partial charge in [-0.3, -0.25) is 4.98 Å². The zero-order valence-electron chi connectivity index (χ0n) is 13.3. The minimum absolute atomic E-state index is 0.174. The number of benzene rings is 1. The van der Waals surface area contributed by atoms with Crippen LogP contribution in [0.25, 0.3) is 22.3 Å². The molecule has 0 saturated heterocycles. The molecule has 0 N–H and O–H groups in total. The van der Waals surface area contributed by atoms with E-state index in [4.69, 9.17) is 13.9 Å². The predicted molar refractivity (Wildman–Crippen MR) is 90.6 cm³/mol. The summed E-state index contributed by atoms with van der Waals surface area (Å²) in [5, 5.41) is 0.964. The lowest BCUT2D eigenvalue weighted by atomic mass is 10.1. The minimum Gasteiger partial charge on any atom is -0.457 e. The first-order valence-corrected chi connectivity index (χ1v) is 7.60. The molecule has 0 bridgehead atoms. The molecule has 0 unspecified atom stereocenters. The molecule has 0 aliphatic carbocycles. The van der Waals surface area contributed by atoms with Crippen LogP contribution in [0, 0.1) is 0 Å². The number of ether oxygens (including phenoxy) is 2. The van der Waals surface area contributed by atoms with Gasteiger partial charge in [-0.2, -0.15) is 0 Å². The Bertz CT molecular complexity index is 882. The Kier molecular flexibility index (Phi) is 4.61. The Morgan fingerprint density at radius 1 is 1.33 bits per heavy atom. The van der Waals surface area contributed by atoms with Crippen LogP contribution in [0.4, 0.5) is 0 Å². The lowest BCUT2D eigenvalue weighted by Gasteiger charge is -2.05. The highest BCUT2D eigenvalue weighted by Crippen LogP contribution is 2.31. The number of esters is 1. The van der Waals surface area contributed by atoms with E-state index in [0.29, 0.717) is 11.3 Å². The molecule has 3 rings (SSSR count). The maximum Gasteiger partial charge on any atom is 0.333 e. The monoisotopic (exact) mass is 323 g/mol. The maximum absolute atomic E-state index is 11.0. The summed E-state index contributed by atoms with van der Waals surface area (Å²) in [6.07, 6.45) is 5.58. The summed E-state index contributed by atoms with van der Waals surface area (Å²) in [7, 11) is 0. The third kappa shape index (κ3) is 3.30. The number of carbonyl (C=O) groups excluding carboxylic acids is 1. The Morgan fingerprint density at radius 2 is 2.21 bits per heavy atom. The van der Waals surface area contributed by atoms with E-state index in [2.05, 4.69) is 18.5 Å². The van der Waals surface area contributed by atoms with Crippen LogP contribution in [0.15, 0.2) is 59.8 Å². The first kappa shape index (κ1) is 15.8. The highest BCUT2D eigenvalue weighted by atomic mass is 16.7. The fourth-order valence-corrected chi connectivity index (χ4v) is 2.40. The first-order valence-electron chi connectivity index (χ1n) is 7.60. The molecule has 5 nitrogen and oxygen atoms in total.